The molecule has 0 amide bonds. The zero-order valence-electron chi connectivity index (χ0n) is 15.1. The van der Waals surface area contributed by atoms with E-state index < -0.39 is 5.60 Å². The minimum atomic E-state index is -0.839. The molecule has 25 heavy (non-hydrogen) atoms. The van der Waals surface area contributed by atoms with Gasteiger partial charge in [0.25, 0.3) is 0 Å². The van der Waals surface area contributed by atoms with Crippen molar-refractivity contribution in [1.82, 2.24) is 0 Å². The maximum absolute atomic E-state index is 11.7. The summed E-state index contributed by atoms with van der Waals surface area (Å²) in [6, 6.07) is 16.0. The van der Waals surface area contributed by atoms with Gasteiger partial charge in [-0.15, -0.1) is 11.3 Å². The molecule has 2 fully saturated rings. The monoisotopic (exact) mass is 421 g/mol. The van der Waals surface area contributed by atoms with Crippen LogP contribution in [-0.2, 0) is 5.60 Å². The highest BCUT2D eigenvalue weighted by Gasteiger charge is 2.50. The molecule has 0 aliphatic carbocycles. The quantitative estimate of drug-likeness (QED) is 0.739. The molecule has 2 aromatic rings. The summed E-state index contributed by atoms with van der Waals surface area (Å²) in [5.41, 5.74) is 0.202. The number of quaternary nitrogens is 1. The van der Waals surface area contributed by atoms with Gasteiger partial charge in [0.2, 0.25) is 0 Å². The lowest BCUT2D eigenvalue weighted by Crippen LogP contribution is -3.00. The Kier molecular flexibility index (Phi) is 5.46. The molecule has 4 heteroatoms. The fraction of sp³-hybridized carbons (Fsp3) is 0.524. The molecule has 3 heterocycles. The number of piperidine rings is 1. The Morgan fingerprint density at radius 3 is 2.24 bits per heavy atom. The van der Waals surface area contributed by atoms with Crippen LogP contribution in [-0.4, -0.2) is 35.8 Å². The van der Waals surface area contributed by atoms with Crippen molar-refractivity contribution in [2.75, 3.05) is 14.1 Å². The van der Waals surface area contributed by atoms with E-state index in [1.165, 1.54) is 30.2 Å². The highest BCUT2D eigenvalue weighted by atomic mass is 79.9. The Bertz CT molecular complexity index is 671. The second kappa shape index (κ2) is 7.15. The zero-order valence-corrected chi connectivity index (χ0v) is 17.5. The van der Waals surface area contributed by atoms with E-state index in [0.717, 1.165) is 28.9 Å². The van der Waals surface area contributed by atoms with E-state index in [0.29, 0.717) is 5.92 Å². The van der Waals surface area contributed by atoms with Crippen molar-refractivity contribution in [3.05, 3.63) is 58.3 Å². The van der Waals surface area contributed by atoms with Crippen LogP contribution in [0, 0.1) is 5.92 Å². The van der Waals surface area contributed by atoms with E-state index in [2.05, 4.69) is 43.7 Å². The minimum Gasteiger partial charge on any atom is -1.00 e. The molecule has 1 aromatic carbocycles. The van der Waals surface area contributed by atoms with Crippen molar-refractivity contribution in [3.8, 4) is 0 Å². The first kappa shape index (κ1) is 19.1. The van der Waals surface area contributed by atoms with Crippen molar-refractivity contribution in [1.29, 1.82) is 0 Å². The van der Waals surface area contributed by atoms with Crippen LogP contribution in [0.5, 0.6) is 0 Å². The molecular weight excluding hydrogens is 394 g/mol. The summed E-state index contributed by atoms with van der Waals surface area (Å²) in [6.07, 6.45) is 6.08. The summed E-state index contributed by atoms with van der Waals surface area (Å²) in [7, 11) is 4.81. The Balaban J connectivity index is 0.00000182. The van der Waals surface area contributed by atoms with Crippen LogP contribution in [0.2, 0.25) is 0 Å². The average Bonchev–Trinajstić information content (AvgIpc) is 3.13. The van der Waals surface area contributed by atoms with Gasteiger partial charge in [-0.25, -0.2) is 0 Å². The molecule has 2 aliphatic rings. The smallest absolute Gasteiger partial charge is 0.124 e. The molecule has 2 unspecified atom stereocenters. The average molecular weight is 422 g/mol. The Hall–Kier alpha value is -0.680. The van der Waals surface area contributed by atoms with Crippen LogP contribution in [0.15, 0.2) is 47.8 Å². The third kappa shape index (κ3) is 3.34. The minimum absolute atomic E-state index is 0. The maximum atomic E-state index is 11.7. The van der Waals surface area contributed by atoms with E-state index in [1.807, 2.05) is 18.2 Å². The summed E-state index contributed by atoms with van der Waals surface area (Å²) in [6.45, 7) is 0. The van der Waals surface area contributed by atoms with Gasteiger partial charge in [0, 0.05) is 30.6 Å². The molecule has 1 aromatic heterocycles. The molecule has 2 bridgehead atoms. The van der Waals surface area contributed by atoms with E-state index in [4.69, 9.17) is 0 Å². The van der Waals surface area contributed by atoms with Crippen LogP contribution in [0.1, 0.15) is 42.5 Å². The number of hydrogen-bond acceptors (Lipinski definition) is 2. The lowest BCUT2D eigenvalue weighted by Gasteiger charge is -2.45. The molecule has 4 rings (SSSR count). The first-order valence-corrected chi connectivity index (χ1v) is 10.0. The molecule has 0 spiro atoms. The van der Waals surface area contributed by atoms with Crippen LogP contribution in [0.25, 0.3) is 0 Å². The lowest BCUT2D eigenvalue weighted by molar-refractivity contribution is -0.931. The van der Waals surface area contributed by atoms with Crippen molar-refractivity contribution in [2.24, 2.45) is 5.92 Å². The Morgan fingerprint density at radius 1 is 1.04 bits per heavy atom. The van der Waals surface area contributed by atoms with Crippen LogP contribution in [0.4, 0.5) is 0 Å². The number of aliphatic hydroxyl groups is 1. The van der Waals surface area contributed by atoms with Crippen molar-refractivity contribution in [2.45, 2.75) is 49.8 Å². The summed E-state index contributed by atoms with van der Waals surface area (Å²) >= 11 is 1.68. The summed E-state index contributed by atoms with van der Waals surface area (Å²) in [5, 5.41) is 13.8. The predicted molar refractivity (Wildman–Crippen MR) is 100 cm³/mol. The van der Waals surface area contributed by atoms with Gasteiger partial charge >= 0.3 is 0 Å². The van der Waals surface area contributed by atoms with Gasteiger partial charge in [0.05, 0.1) is 26.2 Å². The van der Waals surface area contributed by atoms with Gasteiger partial charge in [0.1, 0.15) is 5.60 Å². The van der Waals surface area contributed by atoms with Crippen LogP contribution < -0.4 is 17.0 Å². The van der Waals surface area contributed by atoms with Crippen LogP contribution in [0.3, 0.4) is 0 Å². The molecule has 1 N–H and O–H groups in total. The topological polar surface area (TPSA) is 20.2 Å². The first-order chi connectivity index (χ1) is 11.5. The summed E-state index contributed by atoms with van der Waals surface area (Å²) in [5.74, 6) is 0.612. The van der Waals surface area contributed by atoms with E-state index in [9.17, 15) is 5.11 Å². The molecule has 4 atom stereocenters. The third-order valence-corrected chi connectivity index (χ3v) is 7.71. The second-order valence-corrected chi connectivity index (χ2v) is 9.21. The molecular formula is C21H28BrNOS. The number of nitrogens with zero attached hydrogens (tertiary/aromatic N) is 1. The molecule has 136 valence electrons. The zero-order chi connectivity index (χ0) is 16.8. The number of thiophene rings is 1. The van der Waals surface area contributed by atoms with Gasteiger partial charge in [0.15, 0.2) is 0 Å². The molecule has 0 radical (unpaired) electrons. The van der Waals surface area contributed by atoms with E-state index in [-0.39, 0.29) is 17.0 Å². The summed E-state index contributed by atoms with van der Waals surface area (Å²) < 4.78 is 1.19. The second-order valence-electron chi connectivity index (χ2n) is 8.26. The number of benzene rings is 1. The van der Waals surface area contributed by atoms with E-state index in [1.54, 1.807) is 11.3 Å². The van der Waals surface area contributed by atoms with Gasteiger partial charge in [-0.1, -0.05) is 36.4 Å². The fourth-order valence-electron chi connectivity index (χ4n) is 5.17. The van der Waals surface area contributed by atoms with E-state index >= 15 is 0 Å². The molecule has 2 nitrogen and oxygen atoms in total. The van der Waals surface area contributed by atoms with Crippen LogP contribution >= 0.6 is 11.3 Å². The number of hydrogen-bond donors (Lipinski definition) is 1. The highest BCUT2D eigenvalue weighted by Crippen LogP contribution is 2.47. The van der Waals surface area contributed by atoms with Crippen molar-refractivity contribution < 1.29 is 26.6 Å². The number of fused-ring (bicyclic) bond motifs is 2. The summed E-state index contributed by atoms with van der Waals surface area (Å²) in [4.78, 5) is 1.08. The Labute approximate surface area is 165 Å². The van der Waals surface area contributed by atoms with Gasteiger partial charge in [-0.05, 0) is 29.3 Å². The molecule has 0 saturated carbocycles. The van der Waals surface area contributed by atoms with Crippen molar-refractivity contribution >= 4 is 11.3 Å². The maximum Gasteiger partial charge on any atom is 0.124 e. The first-order valence-electron chi connectivity index (χ1n) is 9.15. The normalized spacial score (nSPS) is 29.6. The third-order valence-electron chi connectivity index (χ3n) is 6.69. The predicted octanol–water partition coefficient (Wildman–Crippen LogP) is 1.40. The molecule has 2 saturated heterocycles. The van der Waals surface area contributed by atoms with Gasteiger partial charge in [-0.3, -0.25) is 0 Å². The van der Waals surface area contributed by atoms with Crippen molar-refractivity contribution in [3.63, 3.8) is 0 Å². The fourth-order valence-corrected chi connectivity index (χ4v) is 6.02. The number of rotatable bonds is 4. The number of halogens is 1. The SMILES string of the molecule is C[N+]1(C)[C@@H]2CC[C@H]1CC(CC(O)(c1ccccc1)c1cccs1)C2.[Br-]. The highest BCUT2D eigenvalue weighted by molar-refractivity contribution is 7.10. The Morgan fingerprint density at radius 2 is 1.68 bits per heavy atom. The standard InChI is InChI=1S/C21H28NOS.BrH/c1-22(2)18-10-11-19(22)14-16(13-18)15-21(23,20-9-6-12-24-20)17-7-4-3-5-8-17;/h3-9,12,16,18-19,23H,10-11,13-15H2,1-2H3;1H/q+1;/p-1/t16?,18-,19+,21?;. The largest absolute Gasteiger partial charge is 1.00 e. The van der Waals surface area contributed by atoms with Gasteiger partial charge in [-0.2, -0.15) is 0 Å². The molecule has 2 aliphatic heterocycles. The lowest BCUT2D eigenvalue weighted by atomic mass is 9.77. The van der Waals surface area contributed by atoms with Gasteiger partial charge < -0.3 is 26.6 Å².